The fourth-order valence-corrected chi connectivity index (χ4v) is 5.23. The molecule has 2 fully saturated rings. The quantitative estimate of drug-likeness (QED) is 0.642. The molecule has 3 unspecified atom stereocenters. The topological polar surface area (TPSA) is 17.1 Å². The van der Waals surface area contributed by atoms with Crippen LogP contribution in [0, 0.1) is 5.92 Å². The molecule has 0 bridgehead atoms. The minimum atomic E-state index is 0.290. The third-order valence-corrected chi connectivity index (χ3v) is 5.59. The fraction of sp³-hybridized carbons (Fsp3) is 0.417. The lowest BCUT2D eigenvalue weighted by Gasteiger charge is -2.09. The highest BCUT2D eigenvalue weighted by Gasteiger charge is 2.74. The molecule has 1 nitrogen and oxygen atoms in total. The van der Waals surface area contributed by atoms with Gasteiger partial charge in [-0.05, 0) is 18.1 Å². The van der Waals surface area contributed by atoms with Gasteiger partial charge in [-0.3, -0.25) is 4.79 Å². The molecule has 0 amide bonds. The maximum absolute atomic E-state index is 11.6. The van der Waals surface area contributed by atoms with Crippen molar-refractivity contribution in [3.8, 4) is 0 Å². The summed E-state index contributed by atoms with van der Waals surface area (Å²) in [4.78, 5) is 13.0. The Morgan fingerprint density at radius 3 is 3.14 bits per heavy atom. The monoisotopic (exact) mass is 202 g/mol. The van der Waals surface area contributed by atoms with Crippen molar-refractivity contribution >= 4 is 17.5 Å². The molecule has 0 radical (unpaired) electrons. The van der Waals surface area contributed by atoms with Crippen LogP contribution in [0.3, 0.4) is 0 Å². The second kappa shape index (κ2) is 2.08. The van der Waals surface area contributed by atoms with Crippen molar-refractivity contribution in [2.24, 2.45) is 5.92 Å². The van der Waals surface area contributed by atoms with Gasteiger partial charge in [0.2, 0.25) is 0 Å². The van der Waals surface area contributed by atoms with E-state index >= 15 is 0 Å². The number of ketones is 1. The summed E-state index contributed by atoms with van der Waals surface area (Å²) in [5, 5.41) is 0.598. The molecule has 2 aliphatic carbocycles. The number of carbonyl (C=O) groups excluding carboxylic acids is 1. The predicted molar refractivity (Wildman–Crippen MR) is 55.5 cm³/mol. The molecular formula is C12H10OS. The molecule has 14 heavy (non-hydrogen) atoms. The molecule has 4 rings (SSSR count). The Balaban J connectivity index is 1.94. The highest BCUT2D eigenvalue weighted by atomic mass is 32.2. The van der Waals surface area contributed by atoms with Gasteiger partial charge in [0.05, 0.1) is 0 Å². The first kappa shape index (κ1) is 7.52. The SMILES string of the molecule is O=C1CCC23c4ccccc4SC2C13. The zero-order chi connectivity index (χ0) is 9.34. The molecule has 0 saturated heterocycles. The van der Waals surface area contributed by atoms with Gasteiger partial charge in [-0.2, -0.15) is 0 Å². The van der Waals surface area contributed by atoms with Gasteiger partial charge in [-0.1, -0.05) is 18.2 Å². The Morgan fingerprint density at radius 1 is 1.36 bits per heavy atom. The Hall–Kier alpha value is -0.760. The van der Waals surface area contributed by atoms with Gasteiger partial charge in [0, 0.05) is 27.9 Å². The van der Waals surface area contributed by atoms with Crippen molar-refractivity contribution in [3.05, 3.63) is 29.8 Å². The van der Waals surface area contributed by atoms with Crippen LogP contribution < -0.4 is 0 Å². The summed E-state index contributed by atoms with van der Waals surface area (Å²) < 4.78 is 0. The van der Waals surface area contributed by atoms with Gasteiger partial charge in [-0.15, -0.1) is 11.8 Å². The Kier molecular flexibility index (Phi) is 1.12. The minimum Gasteiger partial charge on any atom is -0.299 e. The zero-order valence-electron chi connectivity index (χ0n) is 7.69. The maximum atomic E-state index is 11.6. The van der Waals surface area contributed by atoms with Crippen molar-refractivity contribution in [2.45, 2.75) is 28.4 Å². The maximum Gasteiger partial charge on any atom is 0.138 e. The molecule has 2 saturated carbocycles. The molecule has 1 spiro atoms. The molecule has 1 heterocycles. The molecule has 0 N–H and O–H groups in total. The molecule has 70 valence electrons. The van der Waals surface area contributed by atoms with E-state index in [0.29, 0.717) is 22.4 Å². The van der Waals surface area contributed by atoms with Crippen LogP contribution in [0.1, 0.15) is 18.4 Å². The lowest BCUT2D eigenvalue weighted by molar-refractivity contribution is -0.119. The van der Waals surface area contributed by atoms with Crippen molar-refractivity contribution in [2.75, 3.05) is 0 Å². The average Bonchev–Trinajstić information content (AvgIpc) is 2.54. The van der Waals surface area contributed by atoms with Crippen LogP contribution in [0.2, 0.25) is 0 Å². The number of fused-ring (bicyclic) bond motifs is 2. The van der Waals surface area contributed by atoms with E-state index in [1.165, 1.54) is 10.5 Å². The lowest BCUT2D eigenvalue weighted by atomic mass is 9.93. The highest BCUT2D eigenvalue weighted by Crippen LogP contribution is 2.74. The van der Waals surface area contributed by atoms with Crippen molar-refractivity contribution < 1.29 is 4.79 Å². The summed E-state index contributed by atoms with van der Waals surface area (Å²) >= 11 is 1.93. The van der Waals surface area contributed by atoms with Gasteiger partial charge in [0.1, 0.15) is 5.78 Å². The van der Waals surface area contributed by atoms with Crippen LogP contribution in [0.25, 0.3) is 0 Å². The van der Waals surface area contributed by atoms with E-state index < -0.39 is 0 Å². The van der Waals surface area contributed by atoms with Crippen molar-refractivity contribution in [1.29, 1.82) is 0 Å². The Morgan fingerprint density at radius 2 is 2.21 bits per heavy atom. The molecular weight excluding hydrogens is 192 g/mol. The zero-order valence-corrected chi connectivity index (χ0v) is 8.51. The molecule has 2 heteroatoms. The highest BCUT2D eigenvalue weighted by molar-refractivity contribution is 8.00. The Labute approximate surface area is 86.9 Å². The number of benzene rings is 1. The normalized spacial score (nSPS) is 41.9. The lowest BCUT2D eigenvalue weighted by Crippen LogP contribution is -2.05. The van der Waals surface area contributed by atoms with Gasteiger partial charge in [0.25, 0.3) is 0 Å². The summed E-state index contributed by atoms with van der Waals surface area (Å²) in [5.74, 6) is 0.888. The third kappa shape index (κ3) is 0.602. The second-order valence-corrected chi connectivity index (χ2v) is 5.70. The van der Waals surface area contributed by atoms with E-state index in [2.05, 4.69) is 24.3 Å². The molecule has 3 atom stereocenters. The second-order valence-electron chi connectivity index (χ2n) is 4.52. The van der Waals surface area contributed by atoms with E-state index in [-0.39, 0.29) is 0 Å². The first-order valence-electron chi connectivity index (χ1n) is 5.13. The van der Waals surface area contributed by atoms with Crippen LogP contribution >= 0.6 is 11.8 Å². The van der Waals surface area contributed by atoms with Crippen LogP contribution in [-0.2, 0) is 10.2 Å². The largest absolute Gasteiger partial charge is 0.299 e. The number of Topliss-reactive ketones (excluding diaryl/α,β-unsaturated/α-hetero) is 1. The van der Waals surface area contributed by atoms with Crippen molar-refractivity contribution in [1.82, 2.24) is 0 Å². The number of carbonyl (C=O) groups is 1. The summed E-state index contributed by atoms with van der Waals surface area (Å²) in [6.07, 6.45) is 1.92. The molecule has 1 aliphatic heterocycles. The number of hydrogen-bond acceptors (Lipinski definition) is 2. The first-order chi connectivity index (χ1) is 6.84. The molecule has 0 aromatic heterocycles. The van der Waals surface area contributed by atoms with Crippen LogP contribution in [0.5, 0.6) is 0 Å². The summed E-state index contributed by atoms with van der Waals surface area (Å²) in [6.45, 7) is 0. The van der Waals surface area contributed by atoms with Crippen LogP contribution in [0.4, 0.5) is 0 Å². The van der Waals surface area contributed by atoms with Crippen LogP contribution in [-0.4, -0.2) is 11.0 Å². The Bertz CT molecular complexity index is 453. The average molecular weight is 202 g/mol. The van der Waals surface area contributed by atoms with Gasteiger partial charge in [-0.25, -0.2) is 0 Å². The van der Waals surface area contributed by atoms with E-state index in [4.69, 9.17) is 0 Å². The molecule has 1 aromatic rings. The number of thioether (sulfide) groups is 1. The summed E-state index contributed by atoms with van der Waals surface area (Å²) in [6, 6.07) is 8.62. The fourth-order valence-electron chi connectivity index (χ4n) is 3.36. The number of rotatable bonds is 0. The number of hydrogen-bond donors (Lipinski definition) is 0. The van der Waals surface area contributed by atoms with Gasteiger partial charge < -0.3 is 0 Å². The van der Waals surface area contributed by atoms with E-state index in [0.717, 1.165) is 12.8 Å². The predicted octanol–water partition coefficient (Wildman–Crippen LogP) is 2.39. The van der Waals surface area contributed by atoms with E-state index in [1.54, 1.807) is 0 Å². The van der Waals surface area contributed by atoms with E-state index in [1.807, 2.05) is 11.8 Å². The first-order valence-corrected chi connectivity index (χ1v) is 6.01. The summed E-state index contributed by atoms with van der Waals surface area (Å²) in [7, 11) is 0. The van der Waals surface area contributed by atoms with Crippen LogP contribution in [0.15, 0.2) is 29.2 Å². The molecule has 1 aromatic carbocycles. The standard InChI is InChI=1S/C12H10OS/c13-8-5-6-12-7-3-1-2-4-9(7)14-11(12)10(8)12/h1-4,10-11H,5-6H2. The van der Waals surface area contributed by atoms with Gasteiger partial charge >= 0.3 is 0 Å². The molecule has 3 aliphatic rings. The smallest absolute Gasteiger partial charge is 0.138 e. The van der Waals surface area contributed by atoms with Gasteiger partial charge in [0.15, 0.2) is 0 Å². The third-order valence-electron chi connectivity index (χ3n) is 4.03. The van der Waals surface area contributed by atoms with E-state index in [9.17, 15) is 4.79 Å². The minimum absolute atomic E-state index is 0.290. The summed E-state index contributed by atoms with van der Waals surface area (Å²) in [5.41, 5.74) is 1.75. The van der Waals surface area contributed by atoms with Crippen molar-refractivity contribution in [3.63, 3.8) is 0 Å².